The number of nitrogens with zero attached hydrogens (tertiary/aromatic N) is 1. The molecule has 0 bridgehead atoms. The van der Waals surface area contributed by atoms with Crippen molar-refractivity contribution in [1.82, 2.24) is 0 Å². The number of carbonyl (C=O) groups excluding carboxylic acids is 2. The summed E-state index contributed by atoms with van der Waals surface area (Å²) in [7, 11) is 0. The molecule has 5 nitrogen and oxygen atoms in total. The van der Waals surface area contributed by atoms with Crippen molar-refractivity contribution < 1.29 is 18.7 Å². The standard InChI is InChI=1S/C20H23FN2O3/c1-5-23(19(25)26-20(2,3)4)17-12-10-16(11-13-17)22-18(24)14-6-8-15(21)9-7-14/h6-13H,5H2,1-4H3,(H,22,24). The summed E-state index contributed by atoms with van der Waals surface area (Å²) in [5, 5.41) is 2.73. The molecule has 0 saturated heterocycles. The van der Waals surface area contributed by atoms with Gasteiger partial charge in [-0.1, -0.05) is 0 Å². The van der Waals surface area contributed by atoms with E-state index in [1.165, 1.54) is 29.2 Å². The number of benzene rings is 2. The van der Waals surface area contributed by atoms with Gasteiger partial charge in [-0.25, -0.2) is 9.18 Å². The summed E-state index contributed by atoms with van der Waals surface area (Å²) < 4.78 is 18.3. The van der Waals surface area contributed by atoms with Gasteiger partial charge in [0.1, 0.15) is 11.4 Å². The van der Waals surface area contributed by atoms with Crippen LogP contribution in [-0.4, -0.2) is 24.1 Å². The van der Waals surface area contributed by atoms with Crippen LogP contribution in [0, 0.1) is 5.82 Å². The molecule has 0 unspecified atom stereocenters. The summed E-state index contributed by atoms with van der Waals surface area (Å²) in [4.78, 5) is 25.9. The molecule has 6 heteroatoms. The molecule has 2 aromatic carbocycles. The van der Waals surface area contributed by atoms with Crippen molar-refractivity contribution in [3.05, 3.63) is 59.9 Å². The quantitative estimate of drug-likeness (QED) is 0.851. The van der Waals surface area contributed by atoms with E-state index in [1.807, 2.05) is 27.7 Å². The van der Waals surface area contributed by atoms with Gasteiger partial charge < -0.3 is 10.1 Å². The van der Waals surface area contributed by atoms with Gasteiger partial charge in [-0.15, -0.1) is 0 Å². The molecule has 0 saturated carbocycles. The number of carbonyl (C=O) groups is 2. The predicted molar refractivity (Wildman–Crippen MR) is 100 cm³/mol. The van der Waals surface area contributed by atoms with Gasteiger partial charge in [0, 0.05) is 23.5 Å². The van der Waals surface area contributed by atoms with E-state index in [0.29, 0.717) is 23.5 Å². The molecule has 0 spiro atoms. The van der Waals surface area contributed by atoms with Gasteiger partial charge in [-0.05, 0) is 76.2 Å². The largest absolute Gasteiger partial charge is 0.443 e. The van der Waals surface area contributed by atoms with Gasteiger partial charge in [0.15, 0.2) is 0 Å². The SMILES string of the molecule is CCN(C(=O)OC(C)(C)C)c1ccc(NC(=O)c2ccc(F)cc2)cc1. The maximum absolute atomic E-state index is 12.9. The van der Waals surface area contributed by atoms with Gasteiger partial charge in [0.25, 0.3) is 5.91 Å². The van der Waals surface area contributed by atoms with E-state index in [-0.39, 0.29) is 5.91 Å². The Labute approximate surface area is 152 Å². The Morgan fingerprint density at radius 2 is 1.62 bits per heavy atom. The molecule has 0 atom stereocenters. The maximum atomic E-state index is 12.9. The Morgan fingerprint density at radius 3 is 2.12 bits per heavy atom. The molecule has 0 fully saturated rings. The van der Waals surface area contributed by atoms with Crippen LogP contribution in [-0.2, 0) is 4.74 Å². The lowest BCUT2D eigenvalue weighted by molar-refractivity contribution is 0.0582. The van der Waals surface area contributed by atoms with Crippen molar-refractivity contribution in [2.75, 3.05) is 16.8 Å². The second-order valence-corrected chi connectivity index (χ2v) is 6.73. The molecule has 1 N–H and O–H groups in total. The minimum absolute atomic E-state index is 0.336. The van der Waals surface area contributed by atoms with Crippen LogP contribution in [0.3, 0.4) is 0 Å². The summed E-state index contributed by atoms with van der Waals surface area (Å²) in [6.07, 6.45) is -0.428. The van der Waals surface area contributed by atoms with E-state index >= 15 is 0 Å². The monoisotopic (exact) mass is 358 g/mol. The normalized spacial score (nSPS) is 11.0. The van der Waals surface area contributed by atoms with Crippen molar-refractivity contribution in [1.29, 1.82) is 0 Å². The minimum Gasteiger partial charge on any atom is -0.443 e. The van der Waals surface area contributed by atoms with E-state index in [4.69, 9.17) is 4.74 Å². The summed E-state index contributed by atoms with van der Waals surface area (Å²) in [5.74, 6) is -0.732. The minimum atomic E-state index is -0.576. The molecule has 138 valence electrons. The fourth-order valence-corrected chi connectivity index (χ4v) is 2.26. The summed E-state index contributed by atoms with van der Waals surface area (Å²) >= 11 is 0. The topological polar surface area (TPSA) is 58.6 Å². The lowest BCUT2D eigenvalue weighted by Crippen LogP contribution is -2.36. The van der Waals surface area contributed by atoms with Gasteiger partial charge in [-0.3, -0.25) is 9.69 Å². The van der Waals surface area contributed by atoms with Gasteiger partial charge in [0.2, 0.25) is 0 Å². The Balaban J connectivity index is 2.07. The smallest absolute Gasteiger partial charge is 0.414 e. The fraction of sp³-hybridized carbons (Fsp3) is 0.300. The number of nitrogens with one attached hydrogen (secondary N) is 1. The fourth-order valence-electron chi connectivity index (χ4n) is 2.26. The van der Waals surface area contributed by atoms with Crippen molar-refractivity contribution in [2.45, 2.75) is 33.3 Å². The highest BCUT2D eigenvalue weighted by atomic mass is 19.1. The molecule has 0 aliphatic carbocycles. The number of amides is 2. The van der Waals surface area contributed by atoms with Crippen LogP contribution in [0.5, 0.6) is 0 Å². The first kappa shape index (κ1) is 19.4. The molecule has 0 aliphatic rings. The van der Waals surface area contributed by atoms with Crippen LogP contribution in [0.25, 0.3) is 0 Å². The second-order valence-electron chi connectivity index (χ2n) is 6.73. The van der Waals surface area contributed by atoms with Crippen LogP contribution >= 0.6 is 0 Å². The lowest BCUT2D eigenvalue weighted by atomic mass is 10.2. The zero-order valence-electron chi connectivity index (χ0n) is 15.4. The van der Waals surface area contributed by atoms with Gasteiger partial charge in [0.05, 0.1) is 0 Å². The predicted octanol–water partition coefficient (Wildman–Crippen LogP) is 4.84. The molecule has 0 aromatic heterocycles. The van der Waals surface area contributed by atoms with Crippen LogP contribution < -0.4 is 10.2 Å². The molecule has 2 rings (SSSR count). The molecule has 2 aromatic rings. The summed E-state index contributed by atoms with van der Waals surface area (Å²) in [6, 6.07) is 12.2. The van der Waals surface area contributed by atoms with E-state index in [9.17, 15) is 14.0 Å². The molecular formula is C20H23FN2O3. The zero-order chi connectivity index (χ0) is 19.3. The summed E-state index contributed by atoms with van der Waals surface area (Å²) in [6.45, 7) is 7.75. The molecule has 26 heavy (non-hydrogen) atoms. The maximum Gasteiger partial charge on any atom is 0.414 e. The van der Waals surface area contributed by atoms with E-state index in [1.54, 1.807) is 24.3 Å². The van der Waals surface area contributed by atoms with E-state index < -0.39 is 17.5 Å². The first-order valence-corrected chi connectivity index (χ1v) is 8.37. The van der Waals surface area contributed by atoms with Gasteiger partial charge in [-0.2, -0.15) is 0 Å². The summed E-state index contributed by atoms with van der Waals surface area (Å²) in [5.41, 5.74) is 1.03. The highest BCUT2D eigenvalue weighted by Gasteiger charge is 2.22. The number of halogens is 1. The van der Waals surface area contributed by atoms with Crippen LogP contribution in [0.15, 0.2) is 48.5 Å². The average molecular weight is 358 g/mol. The number of rotatable bonds is 4. The third-order valence-corrected chi connectivity index (χ3v) is 3.47. The number of anilines is 2. The van der Waals surface area contributed by atoms with Crippen molar-refractivity contribution in [2.24, 2.45) is 0 Å². The number of hydrogen-bond acceptors (Lipinski definition) is 3. The van der Waals surface area contributed by atoms with Crippen molar-refractivity contribution in [3.8, 4) is 0 Å². The zero-order valence-corrected chi connectivity index (χ0v) is 15.4. The van der Waals surface area contributed by atoms with Crippen LogP contribution in [0.2, 0.25) is 0 Å². The highest BCUT2D eigenvalue weighted by Crippen LogP contribution is 2.21. The Morgan fingerprint density at radius 1 is 1.04 bits per heavy atom. The van der Waals surface area contributed by atoms with Gasteiger partial charge >= 0.3 is 6.09 Å². The molecule has 0 heterocycles. The lowest BCUT2D eigenvalue weighted by Gasteiger charge is -2.26. The van der Waals surface area contributed by atoms with Crippen LogP contribution in [0.1, 0.15) is 38.1 Å². The van der Waals surface area contributed by atoms with Crippen LogP contribution in [0.4, 0.5) is 20.6 Å². The first-order valence-electron chi connectivity index (χ1n) is 8.37. The highest BCUT2D eigenvalue weighted by molar-refractivity contribution is 6.04. The number of hydrogen-bond donors (Lipinski definition) is 1. The number of ether oxygens (including phenoxy) is 1. The van der Waals surface area contributed by atoms with E-state index in [2.05, 4.69) is 5.32 Å². The Bertz CT molecular complexity index is 765. The molecule has 0 radical (unpaired) electrons. The molecule has 0 aliphatic heterocycles. The molecule has 2 amide bonds. The Hall–Kier alpha value is -2.89. The van der Waals surface area contributed by atoms with Crippen molar-refractivity contribution in [3.63, 3.8) is 0 Å². The average Bonchev–Trinajstić information content (AvgIpc) is 2.56. The van der Waals surface area contributed by atoms with E-state index in [0.717, 1.165) is 0 Å². The second kappa shape index (κ2) is 7.99. The Kier molecular flexibility index (Phi) is 5.97. The third-order valence-electron chi connectivity index (χ3n) is 3.47. The first-order chi connectivity index (χ1) is 12.2. The third kappa shape index (κ3) is 5.31. The van der Waals surface area contributed by atoms with Crippen molar-refractivity contribution >= 4 is 23.4 Å². The molecular weight excluding hydrogens is 335 g/mol.